The first-order valence-electron chi connectivity index (χ1n) is 6.77. The number of nitrogens with two attached hydrogens (primary N) is 1. The number of nitrogens with one attached hydrogen (secondary N) is 1. The molecular formula is C13H24N4O2S. The van der Waals surface area contributed by atoms with Crippen molar-refractivity contribution in [1.29, 1.82) is 0 Å². The first-order chi connectivity index (χ1) is 9.67. The van der Waals surface area contributed by atoms with E-state index < -0.39 is 0 Å². The Balaban J connectivity index is 2.21. The zero-order valence-electron chi connectivity index (χ0n) is 12.2. The van der Waals surface area contributed by atoms with Gasteiger partial charge in [0.1, 0.15) is 5.69 Å². The highest BCUT2D eigenvalue weighted by atomic mass is 32.1. The number of aromatic nitrogens is 1. The van der Waals surface area contributed by atoms with Crippen LogP contribution in [0, 0.1) is 0 Å². The SMILES string of the molecule is COCCCN(C)CCNC(=O)c1csc(CCN)n1. The van der Waals surface area contributed by atoms with E-state index in [9.17, 15) is 4.79 Å². The summed E-state index contributed by atoms with van der Waals surface area (Å²) in [6.07, 6.45) is 1.72. The summed E-state index contributed by atoms with van der Waals surface area (Å²) < 4.78 is 5.00. The molecule has 0 aliphatic rings. The molecule has 3 N–H and O–H groups in total. The summed E-state index contributed by atoms with van der Waals surface area (Å²) in [5, 5.41) is 5.57. The molecule has 0 aliphatic carbocycles. The summed E-state index contributed by atoms with van der Waals surface area (Å²) in [5.74, 6) is -0.116. The van der Waals surface area contributed by atoms with Gasteiger partial charge in [-0.1, -0.05) is 0 Å². The second-order valence-corrected chi connectivity index (χ2v) is 5.51. The number of nitrogens with zero attached hydrogens (tertiary/aromatic N) is 2. The molecule has 0 fully saturated rings. The van der Waals surface area contributed by atoms with Gasteiger partial charge in [-0.2, -0.15) is 0 Å². The number of carbonyl (C=O) groups excluding carboxylic acids is 1. The van der Waals surface area contributed by atoms with Crippen LogP contribution >= 0.6 is 11.3 Å². The maximum absolute atomic E-state index is 11.9. The lowest BCUT2D eigenvalue weighted by molar-refractivity contribution is 0.0944. The second-order valence-electron chi connectivity index (χ2n) is 4.57. The largest absolute Gasteiger partial charge is 0.385 e. The van der Waals surface area contributed by atoms with Gasteiger partial charge in [0.25, 0.3) is 5.91 Å². The number of ether oxygens (including phenoxy) is 1. The van der Waals surface area contributed by atoms with E-state index in [1.54, 1.807) is 12.5 Å². The number of carbonyl (C=O) groups is 1. The number of hydrogen-bond acceptors (Lipinski definition) is 6. The van der Waals surface area contributed by atoms with Crippen molar-refractivity contribution in [2.24, 2.45) is 5.73 Å². The third kappa shape index (κ3) is 6.42. The van der Waals surface area contributed by atoms with Crippen LogP contribution in [-0.4, -0.2) is 62.7 Å². The van der Waals surface area contributed by atoms with E-state index in [0.717, 1.165) is 37.5 Å². The number of hydrogen-bond donors (Lipinski definition) is 2. The summed E-state index contributed by atoms with van der Waals surface area (Å²) in [6, 6.07) is 0. The van der Waals surface area contributed by atoms with Gasteiger partial charge < -0.3 is 20.7 Å². The van der Waals surface area contributed by atoms with Gasteiger partial charge in [0.05, 0.1) is 5.01 Å². The summed E-state index contributed by atoms with van der Waals surface area (Å²) >= 11 is 1.48. The van der Waals surface area contributed by atoms with Gasteiger partial charge in [-0.25, -0.2) is 4.98 Å². The van der Waals surface area contributed by atoms with Crippen molar-refractivity contribution in [2.75, 3.05) is 46.9 Å². The van der Waals surface area contributed by atoms with Gasteiger partial charge >= 0.3 is 0 Å². The molecular weight excluding hydrogens is 276 g/mol. The number of methoxy groups -OCH3 is 1. The van der Waals surface area contributed by atoms with Gasteiger partial charge in [0.15, 0.2) is 0 Å². The topological polar surface area (TPSA) is 80.5 Å². The van der Waals surface area contributed by atoms with Crippen LogP contribution in [0.15, 0.2) is 5.38 Å². The van der Waals surface area contributed by atoms with E-state index in [0.29, 0.717) is 18.8 Å². The molecule has 1 amide bonds. The highest BCUT2D eigenvalue weighted by Gasteiger charge is 2.10. The molecule has 0 saturated heterocycles. The molecule has 0 aromatic carbocycles. The Bertz CT molecular complexity index is 397. The van der Waals surface area contributed by atoms with Crippen molar-refractivity contribution < 1.29 is 9.53 Å². The Morgan fingerprint density at radius 2 is 2.35 bits per heavy atom. The number of amides is 1. The van der Waals surface area contributed by atoms with Gasteiger partial charge in [-0.3, -0.25) is 4.79 Å². The Hall–Kier alpha value is -1.02. The lowest BCUT2D eigenvalue weighted by Crippen LogP contribution is -2.33. The molecule has 6 nitrogen and oxygen atoms in total. The van der Waals surface area contributed by atoms with Crippen LogP contribution in [-0.2, 0) is 11.2 Å². The minimum atomic E-state index is -0.116. The van der Waals surface area contributed by atoms with Crippen molar-refractivity contribution >= 4 is 17.2 Å². The summed E-state index contributed by atoms with van der Waals surface area (Å²) in [6.45, 7) is 3.71. The number of thiazole rings is 1. The fraction of sp³-hybridized carbons (Fsp3) is 0.692. The number of likely N-dealkylation sites (N-methyl/N-ethyl adjacent to an activating group) is 1. The van der Waals surface area contributed by atoms with E-state index in [2.05, 4.69) is 15.2 Å². The molecule has 0 aliphatic heterocycles. The first kappa shape index (κ1) is 17.0. The smallest absolute Gasteiger partial charge is 0.270 e. The van der Waals surface area contributed by atoms with E-state index in [-0.39, 0.29) is 5.91 Å². The molecule has 0 atom stereocenters. The Kier molecular flexibility index (Phi) is 8.36. The van der Waals surface area contributed by atoms with Crippen LogP contribution in [0.5, 0.6) is 0 Å². The van der Waals surface area contributed by atoms with Gasteiger partial charge in [-0.05, 0) is 20.0 Å². The highest BCUT2D eigenvalue weighted by molar-refractivity contribution is 7.09. The predicted octanol–water partition coefficient (Wildman–Crippen LogP) is 0.342. The van der Waals surface area contributed by atoms with Gasteiger partial charge in [-0.15, -0.1) is 11.3 Å². The molecule has 114 valence electrons. The van der Waals surface area contributed by atoms with Crippen LogP contribution in [0.25, 0.3) is 0 Å². The fourth-order valence-corrected chi connectivity index (χ4v) is 2.49. The quantitative estimate of drug-likeness (QED) is 0.609. The minimum absolute atomic E-state index is 0.116. The normalized spacial score (nSPS) is 11.0. The molecule has 1 heterocycles. The van der Waals surface area contributed by atoms with Crippen molar-refractivity contribution in [1.82, 2.24) is 15.2 Å². The average molecular weight is 300 g/mol. The first-order valence-corrected chi connectivity index (χ1v) is 7.65. The lowest BCUT2D eigenvalue weighted by Gasteiger charge is -2.16. The predicted molar refractivity (Wildman–Crippen MR) is 81.2 cm³/mol. The zero-order valence-corrected chi connectivity index (χ0v) is 13.0. The van der Waals surface area contributed by atoms with E-state index >= 15 is 0 Å². The third-order valence-electron chi connectivity index (χ3n) is 2.81. The lowest BCUT2D eigenvalue weighted by atomic mass is 10.4. The molecule has 0 bridgehead atoms. The summed E-state index contributed by atoms with van der Waals surface area (Å²) in [4.78, 5) is 18.3. The van der Waals surface area contributed by atoms with Gasteiger partial charge in [0.2, 0.25) is 0 Å². The zero-order chi connectivity index (χ0) is 14.8. The summed E-state index contributed by atoms with van der Waals surface area (Å²) in [7, 11) is 3.73. The molecule has 0 saturated carbocycles. The second kappa shape index (κ2) is 9.82. The van der Waals surface area contributed by atoms with Crippen LogP contribution in [0.2, 0.25) is 0 Å². The molecule has 1 aromatic rings. The average Bonchev–Trinajstić information content (AvgIpc) is 2.88. The molecule has 0 spiro atoms. The van der Waals surface area contributed by atoms with Crippen molar-refractivity contribution in [2.45, 2.75) is 12.8 Å². The molecule has 20 heavy (non-hydrogen) atoms. The van der Waals surface area contributed by atoms with E-state index in [4.69, 9.17) is 10.5 Å². The van der Waals surface area contributed by atoms with E-state index in [1.165, 1.54) is 11.3 Å². The molecule has 0 radical (unpaired) electrons. The van der Waals surface area contributed by atoms with Crippen LogP contribution in [0.1, 0.15) is 21.9 Å². The maximum Gasteiger partial charge on any atom is 0.270 e. The third-order valence-corrected chi connectivity index (χ3v) is 3.72. The maximum atomic E-state index is 11.9. The number of rotatable bonds is 10. The van der Waals surface area contributed by atoms with Crippen LogP contribution in [0.4, 0.5) is 0 Å². The minimum Gasteiger partial charge on any atom is -0.385 e. The van der Waals surface area contributed by atoms with Crippen LogP contribution in [0.3, 0.4) is 0 Å². The Labute approximate surface area is 124 Å². The van der Waals surface area contributed by atoms with Crippen LogP contribution < -0.4 is 11.1 Å². The molecule has 7 heteroatoms. The monoisotopic (exact) mass is 300 g/mol. The van der Waals surface area contributed by atoms with Crippen molar-refractivity contribution in [3.8, 4) is 0 Å². The Morgan fingerprint density at radius 3 is 3.05 bits per heavy atom. The molecule has 1 aromatic heterocycles. The van der Waals surface area contributed by atoms with Gasteiger partial charge in [0, 0.05) is 45.2 Å². The van der Waals surface area contributed by atoms with Crippen molar-refractivity contribution in [3.63, 3.8) is 0 Å². The fourth-order valence-electron chi connectivity index (χ4n) is 1.69. The highest BCUT2D eigenvalue weighted by Crippen LogP contribution is 2.09. The van der Waals surface area contributed by atoms with Crippen molar-refractivity contribution in [3.05, 3.63) is 16.1 Å². The molecule has 0 unspecified atom stereocenters. The van der Waals surface area contributed by atoms with E-state index in [1.807, 2.05) is 7.05 Å². The standard InChI is InChI=1S/C13H24N4O2S/c1-17(7-3-9-19-2)8-6-15-13(18)11-10-20-12(16-11)4-5-14/h10H,3-9,14H2,1-2H3,(H,15,18). The molecule has 1 rings (SSSR count). The Morgan fingerprint density at radius 1 is 1.55 bits per heavy atom. The summed E-state index contributed by atoms with van der Waals surface area (Å²) in [5.41, 5.74) is 5.95.